The van der Waals surface area contributed by atoms with Crippen LogP contribution in [0.3, 0.4) is 0 Å². The van der Waals surface area contributed by atoms with Crippen molar-refractivity contribution < 1.29 is 0 Å². The second kappa shape index (κ2) is 7.52. The third-order valence-electron chi connectivity index (χ3n) is 5.88. The highest BCUT2D eigenvalue weighted by Crippen LogP contribution is 2.43. The summed E-state index contributed by atoms with van der Waals surface area (Å²) in [6, 6.07) is 16.9. The standard InChI is InChI=1S/C23H27N5S/c1-15-14-19(16(2)27(15)5)22-21(20-8-6-7-13-24-20)25-23(29)28(22)18-11-9-17(10-12-18)26(3)4/h6-14,21-22H,1-5H3,(H,25,29)/t21-,22-/m1/s1. The van der Waals surface area contributed by atoms with E-state index >= 15 is 0 Å². The minimum absolute atomic E-state index is 0.0160. The van der Waals surface area contributed by atoms with Crippen LogP contribution in [0.2, 0.25) is 0 Å². The third kappa shape index (κ3) is 3.38. The maximum absolute atomic E-state index is 5.81. The predicted octanol–water partition coefficient (Wildman–Crippen LogP) is 4.28. The summed E-state index contributed by atoms with van der Waals surface area (Å²) in [7, 11) is 6.21. The molecule has 3 aromatic rings. The van der Waals surface area contributed by atoms with E-state index in [1.165, 1.54) is 17.0 Å². The molecule has 0 saturated carbocycles. The van der Waals surface area contributed by atoms with E-state index in [0.717, 1.165) is 22.2 Å². The van der Waals surface area contributed by atoms with Crippen molar-refractivity contribution in [1.29, 1.82) is 0 Å². The van der Waals surface area contributed by atoms with Gasteiger partial charge in [-0.1, -0.05) is 6.07 Å². The van der Waals surface area contributed by atoms with Gasteiger partial charge in [-0.05, 0) is 74.1 Å². The van der Waals surface area contributed by atoms with Crippen molar-refractivity contribution in [2.75, 3.05) is 23.9 Å². The van der Waals surface area contributed by atoms with Crippen LogP contribution in [0.4, 0.5) is 11.4 Å². The Morgan fingerprint density at radius 2 is 1.79 bits per heavy atom. The molecule has 4 rings (SSSR count). The molecule has 0 bridgehead atoms. The molecule has 6 heteroatoms. The topological polar surface area (TPSA) is 36.3 Å². The van der Waals surface area contributed by atoms with Crippen LogP contribution in [0.15, 0.2) is 54.7 Å². The van der Waals surface area contributed by atoms with Crippen molar-refractivity contribution in [2.45, 2.75) is 25.9 Å². The molecule has 0 unspecified atom stereocenters. The quantitative estimate of drug-likeness (QED) is 0.656. The summed E-state index contributed by atoms with van der Waals surface area (Å²) >= 11 is 5.81. The Morgan fingerprint density at radius 3 is 2.34 bits per heavy atom. The first-order valence-corrected chi connectivity index (χ1v) is 10.2. The number of anilines is 2. The molecule has 3 heterocycles. The number of rotatable bonds is 4. The Labute approximate surface area is 178 Å². The predicted molar refractivity (Wildman–Crippen MR) is 124 cm³/mol. The lowest BCUT2D eigenvalue weighted by atomic mass is 9.96. The van der Waals surface area contributed by atoms with Gasteiger partial charge in [0.25, 0.3) is 0 Å². The average molecular weight is 406 g/mol. The van der Waals surface area contributed by atoms with Gasteiger partial charge in [0.15, 0.2) is 5.11 Å². The highest BCUT2D eigenvalue weighted by Gasteiger charge is 2.42. The van der Waals surface area contributed by atoms with Gasteiger partial charge in [-0.15, -0.1) is 0 Å². The zero-order chi connectivity index (χ0) is 20.7. The molecular formula is C23H27N5S. The molecule has 150 valence electrons. The van der Waals surface area contributed by atoms with Crippen molar-refractivity contribution in [3.05, 3.63) is 77.4 Å². The van der Waals surface area contributed by atoms with Crippen molar-refractivity contribution in [3.63, 3.8) is 0 Å². The van der Waals surface area contributed by atoms with Crippen LogP contribution in [0.1, 0.15) is 34.7 Å². The molecular weight excluding hydrogens is 378 g/mol. The van der Waals surface area contributed by atoms with E-state index in [4.69, 9.17) is 12.2 Å². The molecule has 0 amide bonds. The Morgan fingerprint density at radius 1 is 1.07 bits per heavy atom. The van der Waals surface area contributed by atoms with Gasteiger partial charge in [0.05, 0.1) is 17.8 Å². The molecule has 0 spiro atoms. The number of aromatic nitrogens is 2. The monoisotopic (exact) mass is 405 g/mol. The van der Waals surface area contributed by atoms with E-state index in [2.05, 4.69) is 82.0 Å². The number of thiocarbonyl (C=S) groups is 1. The fraction of sp³-hybridized carbons (Fsp3) is 0.304. The zero-order valence-corrected chi connectivity index (χ0v) is 18.4. The molecule has 1 aliphatic heterocycles. The maximum Gasteiger partial charge on any atom is 0.174 e. The number of aryl methyl sites for hydroxylation is 1. The number of benzene rings is 1. The summed E-state index contributed by atoms with van der Waals surface area (Å²) in [4.78, 5) is 8.97. The van der Waals surface area contributed by atoms with Gasteiger partial charge >= 0.3 is 0 Å². The normalized spacial score (nSPS) is 18.8. The van der Waals surface area contributed by atoms with E-state index in [9.17, 15) is 0 Å². The summed E-state index contributed by atoms with van der Waals surface area (Å²) in [5.41, 5.74) is 6.99. The van der Waals surface area contributed by atoms with Gasteiger partial charge < -0.3 is 19.7 Å². The molecule has 2 atom stereocenters. The summed E-state index contributed by atoms with van der Waals surface area (Å²) in [6.07, 6.45) is 1.84. The number of nitrogens with zero attached hydrogens (tertiary/aromatic N) is 4. The van der Waals surface area contributed by atoms with Crippen molar-refractivity contribution in [2.24, 2.45) is 7.05 Å². The van der Waals surface area contributed by atoms with Gasteiger partial charge in [0, 0.05) is 50.1 Å². The third-order valence-corrected chi connectivity index (χ3v) is 6.19. The first-order valence-electron chi connectivity index (χ1n) is 9.79. The van der Waals surface area contributed by atoms with Crippen LogP contribution in [-0.2, 0) is 7.05 Å². The summed E-state index contributed by atoms with van der Waals surface area (Å²) < 4.78 is 2.24. The second-order valence-electron chi connectivity index (χ2n) is 7.79. The van der Waals surface area contributed by atoms with Crippen molar-refractivity contribution in [1.82, 2.24) is 14.9 Å². The molecule has 1 N–H and O–H groups in total. The number of pyridine rings is 1. The first-order chi connectivity index (χ1) is 13.9. The van der Waals surface area contributed by atoms with E-state index in [-0.39, 0.29) is 12.1 Å². The van der Waals surface area contributed by atoms with Gasteiger partial charge in [0.2, 0.25) is 0 Å². The van der Waals surface area contributed by atoms with E-state index < -0.39 is 0 Å². The largest absolute Gasteiger partial charge is 0.378 e. The van der Waals surface area contributed by atoms with Crippen LogP contribution in [0.5, 0.6) is 0 Å². The smallest absolute Gasteiger partial charge is 0.174 e. The van der Waals surface area contributed by atoms with Crippen LogP contribution in [-0.4, -0.2) is 28.8 Å². The molecule has 1 aromatic carbocycles. The summed E-state index contributed by atoms with van der Waals surface area (Å²) in [5, 5.41) is 4.26. The highest BCUT2D eigenvalue weighted by molar-refractivity contribution is 7.80. The molecule has 1 aliphatic rings. The minimum Gasteiger partial charge on any atom is -0.378 e. The molecule has 0 aliphatic carbocycles. The molecule has 1 saturated heterocycles. The second-order valence-corrected chi connectivity index (χ2v) is 8.18. The average Bonchev–Trinajstić information content (AvgIpc) is 3.20. The van der Waals surface area contributed by atoms with Crippen LogP contribution in [0.25, 0.3) is 0 Å². The SMILES string of the molecule is Cc1cc([C@@H]2[C@@H](c3ccccn3)NC(=S)N2c2ccc(N(C)C)cc2)c(C)n1C. The highest BCUT2D eigenvalue weighted by atomic mass is 32.1. The molecule has 29 heavy (non-hydrogen) atoms. The van der Waals surface area contributed by atoms with E-state index in [1.807, 2.05) is 32.4 Å². The number of hydrogen-bond acceptors (Lipinski definition) is 3. The van der Waals surface area contributed by atoms with E-state index in [1.54, 1.807) is 0 Å². The van der Waals surface area contributed by atoms with Crippen LogP contribution >= 0.6 is 12.2 Å². The number of hydrogen-bond donors (Lipinski definition) is 1. The van der Waals surface area contributed by atoms with E-state index in [0.29, 0.717) is 0 Å². The lowest BCUT2D eigenvalue weighted by molar-refractivity contribution is 0.564. The lowest BCUT2D eigenvalue weighted by Crippen LogP contribution is -2.29. The van der Waals surface area contributed by atoms with Gasteiger partial charge in [0.1, 0.15) is 0 Å². The van der Waals surface area contributed by atoms with Crippen molar-refractivity contribution in [3.8, 4) is 0 Å². The fourth-order valence-corrected chi connectivity index (χ4v) is 4.39. The first kappa shape index (κ1) is 19.5. The van der Waals surface area contributed by atoms with Crippen molar-refractivity contribution >= 4 is 28.7 Å². The Hall–Kier alpha value is -2.86. The van der Waals surface area contributed by atoms with Crippen LogP contribution in [0, 0.1) is 13.8 Å². The minimum atomic E-state index is -0.0160. The van der Waals surface area contributed by atoms with Gasteiger partial charge in [-0.25, -0.2) is 0 Å². The zero-order valence-electron chi connectivity index (χ0n) is 17.5. The molecule has 0 radical (unpaired) electrons. The Kier molecular flexibility index (Phi) is 5.04. The lowest BCUT2D eigenvalue weighted by Gasteiger charge is -2.28. The maximum atomic E-state index is 5.81. The fourth-order valence-electron chi connectivity index (χ4n) is 4.04. The van der Waals surface area contributed by atoms with Crippen LogP contribution < -0.4 is 15.1 Å². The Balaban J connectivity index is 1.84. The summed E-state index contributed by atoms with van der Waals surface area (Å²) in [6.45, 7) is 4.32. The Bertz CT molecular complexity index is 1020. The molecule has 5 nitrogen and oxygen atoms in total. The molecule has 1 fully saturated rings. The van der Waals surface area contributed by atoms with Gasteiger partial charge in [-0.3, -0.25) is 4.98 Å². The van der Waals surface area contributed by atoms with Gasteiger partial charge in [-0.2, -0.15) is 0 Å². The number of nitrogens with one attached hydrogen (secondary N) is 1. The molecule has 2 aromatic heterocycles. The summed E-state index contributed by atoms with van der Waals surface area (Å²) in [5.74, 6) is 0.